The zero-order valence-corrected chi connectivity index (χ0v) is 19.5. The molecule has 3 heterocycles. The molecule has 0 saturated carbocycles. The van der Waals surface area contributed by atoms with Gasteiger partial charge in [-0.05, 0) is 44.3 Å². The molecule has 10 heteroatoms. The van der Waals surface area contributed by atoms with Gasteiger partial charge in [0.25, 0.3) is 6.43 Å². The first-order chi connectivity index (χ1) is 15.4. The number of pyridine rings is 1. The van der Waals surface area contributed by atoms with Crippen molar-refractivity contribution in [1.29, 1.82) is 0 Å². The van der Waals surface area contributed by atoms with E-state index in [0.29, 0.717) is 28.9 Å². The summed E-state index contributed by atoms with van der Waals surface area (Å²) in [5.74, 6) is 0. The summed E-state index contributed by atoms with van der Waals surface area (Å²) in [7, 11) is 2.15. The Balaban J connectivity index is 1.47. The van der Waals surface area contributed by atoms with E-state index in [9.17, 15) is 8.78 Å². The van der Waals surface area contributed by atoms with Gasteiger partial charge < -0.3 is 4.90 Å². The molecule has 2 aliphatic heterocycles. The number of likely N-dealkylation sites (N-methyl/N-ethyl adjacent to an activating group) is 1. The van der Waals surface area contributed by atoms with Crippen LogP contribution in [0.2, 0.25) is 5.02 Å². The van der Waals surface area contributed by atoms with E-state index in [1.54, 1.807) is 18.3 Å². The van der Waals surface area contributed by atoms with Gasteiger partial charge in [0.15, 0.2) is 0 Å². The van der Waals surface area contributed by atoms with Crippen molar-refractivity contribution >= 4 is 40.8 Å². The van der Waals surface area contributed by atoms with Crippen LogP contribution in [0.25, 0.3) is 0 Å². The summed E-state index contributed by atoms with van der Waals surface area (Å²) in [6.07, 6.45) is -0.842. The maximum absolute atomic E-state index is 12.8. The van der Waals surface area contributed by atoms with E-state index in [4.69, 9.17) is 11.6 Å². The van der Waals surface area contributed by atoms with Crippen LogP contribution < -0.4 is 4.31 Å². The van der Waals surface area contributed by atoms with Gasteiger partial charge in [0.1, 0.15) is 5.71 Å². The molecule has 1 unspecified atom stereocenters. The molecule has 170 valence electrons. The minimum atomic E-state index is -2.58. The summed E-state index contributed by atoms with van der Waals surface area (Å²) in [5, 5.41) is 8.15. The zero-order chi connectivity index (χ0) is 22.7. The van der Waals surface area contributed by atoms with Gasteiger partial charge >= 0.3 is 0 Å². The summed E-state index contributed by atoms with van der Waals surface area (Å²) < 4.78 is 30.2. The molecule has 1 saturated heterocycles. The topological polar surface area (TPSA) is 47.3 Å². The standard InChI is InChI=1S/C22H25ClF2N6S/c1-15-13-30(9-8-29(15)2)32-31(19-5-3-4-17(23)10-19)14-18-7-6-16(12-26-18)20-11-21(22(24)25)28-27-20/h3-7,10,12,15,22H,8-9,11,13-14H2,1-2H3. The second-order valence-corrected chi connectivity index (χ2v) is 9.53. The quantitative estimate of drug-likeness (QED) is 0.537. The fourth-order valence-corrected chi connectivity index (χ4v) is 4.82. The van der Waals surface area contributed by atoms with Crippen LogP contribution in [0.1, 0.15) is 24.6 Å². The van der Waals surface area contributed by atoms with Gasteiger partial charge in [0.05, 0.1) is 23.6 Å². The molecule has 32 heavy (non-hydrogen) atoms. The third-order valence-electron chi connectivity index (χ3n) is 5.60. The van der Waals surface area contributed by atoms with Crippen LogP contribution in [0.3, 0.4) is 0 Å². The van der Waals surface area contributed by atoms with Crippen LogP contribution >= 0.6 is 23.7 Å². The monoisotopic (exact) mass is 478 g/mol. The van der Waals surface area contributed by atoms with Crippen molar-refractivity contribution < 1.29 is 8.78 Å². The Kier molecular flexibility index (Phi) is 7.40. The molecule has 0 bridgehead atoms. The fraction of sp³-hybridized carbons (Fsp3) is 0.409. The van der Waals surface area contributed by atoms with Crippen molar-refractivity contribution in [1.82, 2.24) is 14.2 Å². The fourth-order valence-electron chi connectivity index (χ4n) is 3.51. The normalized spacial score (nSPS) is 19.9. The van der Waals surface area contributed by atoms with E-state index in [-0.39, 0.29) is 12.1 Å². The summed E-state index contributed by atoms with van der Waals surface area (Å²) in [6, 6.07) is 12.0. The summed E-state index contributed by atoms with van der Waals surface area (Å²) >= 11 is 7.93. The van der Waals surface area contributed by atoms with E-state index in [0.717, 1.165) is 31.0 Å². The van der Waals surface area contributed by atoms with Gasteiger partial charge in [-0.2, -0.15) is 10.2 Å². The first kappa shape index (κ1) is 23.1. The second-order valence-electron chi connectivity index (χ2n) is 7.97. The lowest BCUT2D eigenvalue weighted by Gasteiger charge is -2.39. The molecular weight excluding hydrogens is 454 g/mol. The number of nitrogens with zero attached hydrogens (tertiary/aromatic N) is 6. The number of aromatic nitrogens is 1. The lowest BCUT2D eigenvalue weighted by molar-refractivity contribution is 0.167. The van der Waals surface area contributed by atoms with Gasteiger partial charge in [-0.25, -0.2) is 13.1 Å². The van der Waals surface area contributed by atoms with Crippen LogP contribution in [0.4, 0.5) is 14.5 Å². The highest BCUT2D eigenvalue weighted by Gasteiger charge is 2.25. The first-order valence-electron chi connectivity index (χ1n) is 10.4. The van der Waals surface area contributed by atoms with Crippen molar-refractivity contribution in [3.05, 3.63) is 58.9 Å². The summed E-state index contributed by atoms with van der Waals surface area (Å²) in [6.45, 7) is 5.72. The Labute approximate surface area is 196 Å². The zero-order valence-electron chi connectivity index (χ0n) is 18.0. The number of halogens is 3. The molecule has 0 N–H and O–H groups in total. The Hall–Kier alpha value is -2.07. The highest BCUT2D eigenvalue weighted by atomic mass is 35.5. The van der Waals surface area contributed by atoms with Crippen LogP contribution in [-0.4, -0.2) is 64.8 Å². The Morgan fingerprint density at radius 2 is 2.06 bits per heavy atom. The van der Waals surface area contributed by atoms with Crippen molar-refractivity contribution in [3.63, 3.8) is 0 Å². The molecule has 6 nitrogen and oxygen atoms in total. The van der Waals surface area contributed by atoms with Gasteiger partial charge in [-0.15, -0.1) is 0 Å². The third kappa shape index (κ3) is 5.64. The van der Waals surface area contributed by atoms with Crippen molar-refractivity contribution in [2.75, 3.05) is 31.0 Å². The average Bonchev–Trinajstić information content (AvgIpc) is 3.27. The SMILES string of the molecule is CC1CN(SN(Cc2ccc(C3=NN=C(C(F)F)C3)cn2)c2cccc(Cl)c2)CCN1C. The van der Waals surface area contributed by atoms with Crippen LogP contribution in [0.5, 0.6) is 0 Å². The number of hydrogen-bond donors (Lipinski definition) is 0. The van der Waals surface area contributed by atoms with E-state index in [2.05, 4.69) is 42.7 Å². The number of alkyl halides is 2. The van der Waals surface area contributed by atoms with Gasteiger partial charge in [-0.3, -0.25) is 9.29 Å². The number of anilines is 1. The van der Waals surface area contributed by atoms with E-state index >= 15 is 0 Å². The molecular formula is C22H25ClF2N6S. The second kappa shape index (κ2) is 10.2. The molecule has 4 rings (SSSR count). The summed E-state index contributed by atoms with van der Waals surface area (Å²) in [5.41, 5.74) is 2.89. The number of hydrogen-bond acceptors (Lipinski definition) is 7. The molecule has 0 aliphatic carbocycles. The lowest BCUT2D eigenvalue weighted by atomic mass is 10.1. The smallest absolute Gasteiger partial charge is 0.278 e. The van der Waals surface area contributed by atoms with Gasteiger partial charge in [0.2, 0.25) is 0 Å². The maximum atomic E-state index is 12.8. The highest BCUT2D eigenvalue weighted by Crippen LogP contribution is 2.30. The Morgan fingerprint density at radius 3 is 2.72 bits per heavy atom. The Bertz CT molecular complexity index is 1000. The predicted octanol–water partition coefficient (Wildman–Crippen LogP) is 4.75. The molecule has 1 aromatic carbocycles. The van der Waals surface area contributed by atoms with Gasteiger partial charge in [0, 0.05) is 61.0 Å². The lowest BCUT2D eigenvalue weighted by Crippen LogP contribution is -2.48. The van der Waals surface area contributed by atoms with Crippen LogP contribution in [0, 0.1) is 0 Å². The molecule has 0 spiro atoms. The van der Waals surface area contributed by atoms with Crippen molar-refractivity contribution in [2.45, 2.75) is 32.4 Å². The molecule has 1 atom stereocenters. The number of benzene rings is 1. The minimum Gasteiger partial charge on any atom is -0.301 e. The third-order valence-corrected chi connectivity index (χ3v) is 6.93. The highest BCUT2D eigenvalue weighted by molar-refractivity contribution is 7.98. The van der Waals surface area contributed by atoms with Gasteiger partial charge in [-0.1, -0.05) is 17.7 Å². The number of piperazine rings is 1. The average molecular weight is 479 g/mol. The summed E-state index contributed by atoms with van der Waals surface area (Å²) in [4.78, 5) is 6.92. The van der Waals surface area contributed by atoms with Crippen LogP contribution in [0.15, 0.2) is 52.8 Å². The molecule has 0 amide bonds. The number of rotatable bonds is 7. The van der Waals surface area contributed by atoms with Crippen molar-refractivity contribution in [2.24, 2.45) is 10.2 Å². The van der Waals surface area contributed by atoms with Crippen molar-refractivity contribution in [3.8, 4) is 0 Å². The minimum absolute atomic E-state index is 0.0603. The van der Waals surface area contributed by atoms with E-state index in [1.807, 2.05) is 36.4 Å². The van der Waals surface area contributed by atoms with E-state index < -0.39 is 6.43 Å². The molecule has 0 radical (unpaired) electrons. The molecule has 2 aliphatic rings. The van der Waals surface area contributed by atoms with E-state index in [1.165, 1.54) is 0 Å². The largest absolute Gasteiger partial charge is 0.301 e. The maximum Gasteiger partial charge on any atom is 0.278 e. The van der Waals surface area contributed by atoms with Crippen LogP contribution in [-0.2, 0) is 6.54 Å². The molecule has 2 aromatic rings. The predicted molar refractivity (Wildman–Crippen MR) is 128 cm³/mol. The first-order valence-corrected chi connectivity index (χ1v) is 11.5. The Morgan fingerprint density at radius 1 is 1.22 bits per heavy atom. The molecule has 1 aromatic heterocycles. The molecule has 1 fully saturated rings.